The molecule has 5 nitrogen and oxygen atoms in total. The summed E-state index contributed by atoms with van der Waals surface area (Å²) in [6, 6.07) is 9.40. The van der Waals surface area contributed by atoms with E-state index in [9.17, 15) is 4.79 Å². The first-order chi connectivity index (χ1) is 9.99. The van der Waals surface area contributed by atoms with Crippen molar-refractivity contribution in [2.75, 3.05) is 12.3 Å². The summed E-state index contributed by atoms with van der Waals surface area (Å²) in [5.74, 6) is 0.159. The maximum atomic E-state index is 12.5. The lowest BCUT2D eigenvalue weighted by molar-refractivity contribution is 0.0724. The summed E-state index contributed by atoms with van der Waals surface area (Å²) in [5, 5.41) is 4.80. The number of amides is 1. The van der Waals surface area contributed by atoms with Crippen molar-refractivity contribution in [2.24, 2.45) is 0 Å². The Kier molecular flexibility index (Phi) is 3.29. The normalized spacial score (nSPS) is 25.1. The van der Waals surface area contributed by atoms with Gasteiger partial charge in [-0.15, -0.1) is 0 Å². The third-order valence-corrected chi connectivity index (χ3v) is 4.29. The molecule has 0 spiro atoms. The quantitative estimate of drug-likeness (QED) is 0.886. The van der Waals surface area contributed by atoms with Crippen LogP contribution >= 0.6 is 0 Å². The van der Waals surface area contributed by atoms with E-state index >= 15 is 0 Å². The summed E-state index contributed by atoms with van der Waals surface area (Å²) in [6.45, 7) is 4.62. The van der Waals surface area contributed by atoms with Crippen LogP contribution in [0.25, 0.3) is 10.8 Å². The molecule has 2 heterocycles. The van der Waals surface area contributed by atoms with Crippen molar-refractivity contribution in [3.63, 3.8) is 0 Å². The van der Waals surface area contributed by atoms with Crippen molar-refractivity contribution >= 4 is 22.5 Å². The fourth-order valence-electron chi connectivity index (χ4n) is 2.66. The number of carbonyl (C=O) groups is 1. The Hall–Kier alpha value is -2.14. The maximum absolute atomic E-state index is 12.5. The number of nitrogen functional groups attached to an aromatic ring is 1. The van der Waals surface area contributed by atoms with Gasteiger partial charge < -0.3 is 15.8 Å². The number of nitrogens with two attached hydrogens (primary N) is 1. The average Bonchev–Trinajstić information content (AvgIpc) is 2.78. The topological polar surface area (TPSA) is 77.2 Å². The summed E-state index contributed by atoms with van der Waals surface area (Å²) in [7, 11) is 0. The number of nitrogens with one attached hydrogen (secondary N) is 1. The number of nitrogens with zero attached hydrogens (tertiary/aromatic N) is 1. The van der Waals surface area contributed by atoms with Gasteiger partial charge in [-0.1, -0.05) is 24.3 Å². The van der Waals surface area contributed by atoms with Gasteiger partial charge >= 0.3 is 0 Å². The molecule has 0 bridgehead atoms. The zero-order chi connectivity index (χ0) is 15.0. The van der Waals surface area contributed by atoms with Crippen LogP contribution in [0.1, 0.15) is 30.8 Å². The molecular formula is C16H19N3O2. The monoisotopic (exact) mass is 285 g/mol. The predicted octanol–water partition coefficient (Wildman–Crippen LogP) is 2.11. The Balaban J connectivity index is 1.91. The maximum Gasteiger partial charge on any atom is 0.270 e. The standard InChI is InChI=1S/C16H19N3O2/c1-10-16(2,7-8-21-10)19-15(20)13-9-11-5-3-4-6-12(11)14(17)18-13/h3-6,9-10H,7-8H2,1-2H3,(H2,17,18)(H,19,20). The van der Waals surface area contributed by atoms with Crippen molar-refractivity contribution < 1.29 is 9.53 Å². The molecule has 3 N–H and O–H groups in total. The molecule has 0 saturated carbocycles. The number of ether oxygens (including phenoxy) is 1. The van der Waals surface area contributed by atoms with Crippen LogP contribution in [-0.2, 0) is 4.74 Å². The molecule has 3 rings (SSSR count). The zero-order valence-electron chi connectivity index (χ0n) is 12.2. The SMILES string of the molecule is CC1OCCC1(C)NC(=O)c1cc2ccccc2c(N)n1. The Morgan fingerprint density at radius 3 is 2.95 bits per heavy atom. The second kappa shape index (κ2) is 5.00. The summed E-state index contributed by atoms with van der Waals surface area (Å²) >= 11 is 0. The minimum absolute atomic E-state index is 0.0146. The first-order valence-corrected chi connectivity index (χ1v) is 7.09. The molecule has 1 fully saturated rings. The molecule has 110 valence electrons. The van der Waals surface area contributed by atoms with Crippen LogP contribution in [0.4, 0.5) is 5.82 Å². The average molecular weight is 285 g/mol. The smallest absolute Gasteiger partial charge is 0.270 e. The van der Waals surface area contributed by atoms with Gasteiger partial charge in [0.1, 0.15) is 11.5 Å². The largest absolute Gasteiger partial charge is 0.383 e. The van der Waals surface area contributed by atoms with E-state index in [1.165, 1.54) is 0 Å². The van der Waals surface area contributed by atoms with Crippen LogP contribution in [0.15, 0.2) is 30.3 Å². The number of anilines is 1. The minimum atomic E-state index is -0.362. The summed E-state index contributed by atoms with van der Waals surface area (Å²) in [5.41, 5.74) is 5.92. The van der Waals surface area contributed by atoms with E-state index in [2.05, 4.69) is 10.3 Å². The van der Waals surface area contributed by atoms with Crippen molar-refractivity contribution in [2.45, 2.75) is 31.9 Å². The highest BCUT2D eigenvalue weighted by atomic mass is 16.5. The van der Waals surface area contributed by atoms with Crippen LogP contribution in [-0.4, -0.2) is 29.1 Å². The van der Waals surface area contributed by atoms with Gasteiger partial charge in [-0.05, 0) is 31.7 Å². The van der Waals surface area contributed by atoms with Gasteiger partial charge in [0.2, 0.25) is 0 Å². The van der Waals surface area contributed by atoms with Gasteiger partial charge in [0.05, 0.1) is 11.6 Å². The number of fused-ring (bicyclic) bond motifs is 1. The van der Waals surface area contributed by atoms with E-state index in [0.29, 0.717) is 18.1 Å². The molecule has 5 heteroatoms. The molecule has 0 aliphatic carbocycles. The molecule has 2 atom stereocenters. The molecule has 1 aromatic heterocycles. The summed E-state index contributed by atoms with van der Waals surface area (Å²) in [6.07, 6.45) is 0.780. The summed E-state index contributed by atoms with van der Waals surface area (Å²) in [4.78, 5) is 16.7. The van der Waals surface area contributed by atoms with Gasteiger partial charge in [-0.3, -0.25) is 4.79 Å². The van der Waals surface area contributed by atoms with Crippen molar-refractivity contribution in [3.05, 3.63) is 36.0 Å². The van der Waals surface area contributed by atoms with Gasteiger partial charge in [-0.2, -0.15) is 0 Å². The molecule has 2 aromatic rings. The molecule has 1 aliphatic heterocycles. The molecular weight excluding hydrogens is 266 g/mol. The van der Waals surface area contributed by atoms with Gasteiger partial charge in [-0.25, -0.2) is 4.98 Å². The molecule has 2 unspecified atom stereocenters. The second-order valence-electron chi connectivity index (χ2n) is 5.75. The van der Waals surface area contributed by atoms with Crippen LogP contribution in [0.5, 0.6) is 0 Å². The molecule has 1 amide bonds. The Bertz CT molecular complexity index is 701. The molecule has 1 aromatic carbocycles. The number of benzene rings is 1. The minimum Gasteiger partial charge on any atom is -0.383 e. The molecule has 0 radical (unpaired) electrons. The molecule has 21 heavy (non-hydrogen) atoms. The first kappa shape index (κ1) is 13.8. The highest BCUT2D eigenvalue weighted by molar-refractivity contribution is 6.00. The van der Waals surface area contributed by atoms with Gasteiger partial charge in [0.25, 0.3) is 5.91 Å². The first-order valence-electron chi connectivity index (χ1n) is 7.09. The van der Waals surface area contributed by atoms with Crippen LogP contribution in [0.2, 0.25) is 0 Å². The number of rotatable bonds is 2. The van der Waals surface area contributed by atoms with E-state index in [4.69, 9.17) is 10.5 Å². The lowest BCUT2D eigenvalue weighted by Crippen LogP contribution is -2.50. The van der Waals surface area contributed by atoms with Crippen molar-refractivity contribution in [1.29, 1.82) is 0 Å². The van der Waals surface area contributed by atoms with E-state index in [-0.39, 0.29) is 17.6 Å². The highest BCUT2D eigenvalue weighted by Crippen LogP contribution is 2.26. The number of aromatic nitrogens is 1. The van der Waals surface area contributed by atoms with Crippen LogP contribution < -0.4 is 11.1 Å². The van der Waals surface area contributed by atoms with Gasteiger partial charge in [0, 0.05) is 12.0 Å². The highest BCUT2D eigenvalue weighted by Gasteiger charge is 2.38. The molecule has 1 aliphatic rings. The third-order valence-electron chi connectivity index (χ3n) is 4.29. The van der Waals surface area contributed by atoms with E-state index in [1.54, 1.807) is 6.07 Å². The lowest BCUT2D eigenvalue weighted by Gasteiger charge is -2.28. The predicted molar refractivity (Wildman–Crippen MR) is 82.1 cm³/mol. The summed E-state index contributed by atoms with van der Waals surface area (Å²) < 4.78 is 5.54. The third kappa shape index (κ3) is 2.45. The van der Waals surface area contributed by atoms with E-state index < -0.39 is 0 Å². The fraction of sp³-hybridized carbons (Fsp3) is 0.375. The number of carbonyl (C=O) groups excluding carboxylic acids is 1. The fourth-order valence-corrected chi connectivity index (χ4v) is 2.66. The molecule has 1 saturated heterocycles. The van der Waals surface area contributed by atoms with Crippen LogP contribution in [0.3, 0.4) is 0 Å². The number of hydrogen-bond acceptors (Lipinski definition) is 4. The van der Waals surface area contributed by atoms with E-state index in [1.807, 2.05) is 38.1 Å². The van der Waals surface area contributed by atoms with Gasteiger partial charge in [0.15, 0.2) is 0 Å². The van der Waals surface area contributed by atoms with Crippen molar-refractivity contribution in [3.8, 4) is 0 Å². The lowest BCUT2D eigenvalue weighted by atomic mass is 9.94. The number of pyridine rings is 1. The van der Waals surface area contributed by atoms with Crippen LogP contribution in [0, 0.1) is 0 Å². The van der Waals surface area contributed by atoms with E-state index in [0.717, 1.165) is 17.2 Å². The Labute approximate surface area is 123 Å². The van der Waals surface area contributed by atoms with Crippen molar-refractivity contribution in [1.82, 2.24) is 10.3 Å². The Morgan fingerprint density at radius 1 is 1.48 bits per heavy atom. The number of hydrogen-bond donors (Lipinski definition) is 2. The zero-order valence-corrected chi connectivity index (χ0v) is 12.2. The second-order valence-corrected chi connectivity index (χ2v) is 5.75. The Morgan fingerprint density at radius 2 is 2.24 bits per heavy atom.